The molecule has 1 aliphatic carbocycles. The predicted octanol–water partition coefficient (Wildman–Crippen LogP) is 3.21. The molecule has 2 aromatic carbocycles. The quantitative estimate of drug-likeness (QED) is 0.208. The Morgan fingerprint density at radius 2 is 1.76 bits per heavy atom. The molecular formula is C27H37Cl2N3O5. The summed E-state index contributed by atoms with van der Waals surface area (Å²) in [5, 5.41) is 2.72. The Bertz CT molecular complexity index is 1000. The monoisotopic (exact) mass is 553 g/mol. The van der Waals surface area contributed by atoms with Gasteiger partial charge in [-0.1, -0.05) is 42.8 Å². The molecule has 204 valence electrons. The van der Waals surface area contributed by atoms with Crippen LogP contribution in [0.2, 0.25) is 0 Å². The lowest BCUT2D eigenvalue weighted by atomic mass is 9.83. The highest BCUT2D eigenvalue weighted by Gasteiger charge is 2.27. The van der Waals surface area contributed by atoms with Crippen LogP contribution < -0.4 is 21.5 Å². The number of aryl methyl sites for hydroxylation is 1. The van der Waals surface area contributed by atoms with E-state index in [1.165, 1.54) is 5.56 Å². The van der Waals surface area contributed by atoms with Crippen LogP contribution in [-0.2, 0) is 32.0 Å². The lowest BCUT2D eigenvalue weighted by molar-refractivity contribution is -0.145. The number of carbonyl (C=O) groups is 3. The molecule has 0 saturated carbocycles. The highest BCUT2D eigenvalue weighted by atomic mass is 35.5. The first-order chi connectivity index (χ1) is 17.0. The van der Waals surface area contributed by atoms with Crippen LogP contribution in [0.4, 0.5) is 0 Å². The molecule has 0 heterocycles. The van der Waals surface area contributed by atoms with E-state index in [1.54, 1.807) is 24.3 Å². The van der Waals surface area contributed by atoms with E-state index in [1.807, 2.05) is 18.2 Å². The molecular weight excluding hydrogens is 517 g/mol. The number of benzene rings is 2. The summed E-state index contributed by atoms with van der Waals surface area (Å²) >= 11 is 0. The number of rotatable bonds is 12. The fourth-order valence-corrected chi connectivity index (χ4v) is 4.18. The van der Waals surface area contributed by atoms with Crippen LogP contribution in [0.1, 0.15) is 54.7 Å². The zero-order valence-electron chi connectivity index (χ0n) is 20.9. The van der Waals surface area contributed by atoms with Crippen molar-refractivity contribution in [2.45, 2.75) is 56.9 Å². The maximum Gasteiger partial charge on any atom is 0.322 e. The van der Waals surface area contributed by atoms with Crippen molar-refractivity contribution < 1.29 is 23.9 Å². The molecule has 0 radical (unpaired) electrons. The average Bonchev–Trinajstić information content (AvgIpc) is 2.87. The first-order valence-corrected chi connectivity index (χ1v) is 12.3. The molecule has 0 bridgehead atoms. The standard InChI is InChI=1S/C27H35N3O5.2ClH/c28-15-4-3-10-24(29)27(33)34-17-16-30-25(31)18-19-11-13-21(14-12-19)35-26(32)23-9-5-7-20-6-1-2-8-22(20)23;;/h1-2,6,8,11-14,23-24H,3-5,7,9-10,15-18,28-29H2,(H,30,31);2*1H. The number of halogens is 2. The Morgan fingerprint density at radius 3 is 2.49 bits per heavy atom. The molecule has 37 heavy (non-hydrogen) atoms. The Kier molecular flexibility index (Phi) is 14.9. The average molecular weight is 555 g/mol. The first kappa shape index (κ1) is 32.4. The van der Waals surface area contributed by atoms with Gasteiger partial charge in [0, 0.05) is 0 Å². The number of unbranched alkanes of at least 4 members (excludes halogenated alkanes) is 1. The Morgan fingerprint density at radius 1 is 1.03 bits per heavy atom. The third-order valence-electron chi connectivity index (χ3n) is 6.10. The third-order valence-corrected chi connectivity index (χ3v) is 6.10. The number of carbonyl (C=O) groups excluding carboxylic acids is 3. The van der Waals surface area contributed by atoms with Gasteiger partial charge >= 0.3 is 11.9 Å². The van der Waals surface area contributed by atoms with Crippen LogP contribution in [0, 0.1) is 0 Å². The van der Waals surface area contributed by atoms with Gasteiger partial charge in [0.2, 0.25) is 5.91 Å². The van der Waals surface area contributed by atoms with Crippen LogP contribution in [0.3, 0.4) is 0 Å². The normalized spacial score (nSPS) is 14.7. The molecule has 1 amide bonds. The van der Waals surface area contributed by atoms with Gasteiger partial charge in [0.25, 0.3) is 0 Å². The van der Waals surface area contributed by atoms with Gasteiger partial charge in [0.05, 0.1) is 18.9 Å². The largest absolute Gasteiger partial charge is 0.463 e. The van der Waals surface area contributed by atoms with Crippen LogP contribution in [0.5, 0.6) is 5.75 Å². The number of ether oxygens (including phenoxy) is 2. The molecule has 0 aromatic heterocycles. The van der Waals surface area contributed by atoms with Crippen molar-refractivity contribution in [2.24, 2.45) is 11.5 Å². The molecule has 2 aromatic rings. The summed E-state index contributed by atoms with van der Waals surface area (Å²) in [7, 11) is 0. The summed E-state index contributed by atoms with van der Waals surface area (Å²) in [5.74, 6) is -0.719. The summed E-state index contributed by atoms with van der Waals surface area (Å²) in [4.78, 5) is 36.8. The van der Waals surface area contributed by atoms with Crippen LogP contribution in [0.25, 0.3) is 0 Å². The van der Waals surface area contributed by atoms with Crippen LogP contribution >= 0.6 is 24.8 Å². The summed E-state index contributed by atoms with van der Waals surface area (Å²) in [6.45, 7) is 0.837. The number of hydrogen-bond donors (Lipinski definition) is 3. The lowest BCUT2D eigenvalue weighted by Crippen LogP contribution is -2.35. The lowest BCUT2D eigenvalue weighted by Gasteiger charge is -2.23. The fourth-order valence-electron chi connectivity index (χ4n) is 4.18. The van der Waals surface area contributed by atoms with E-state index in [0.29, 0.717) is 18.7 Å². The Labute approximate surface area is 230 Å². The number of nitrogens with one attached hydrogen (secondary N) is 1. The minimum Gasteiger partial charge on any atom is -0.463 e. The van der Waals surface area contributed by atoms with Gasteiger partial charge in [-0.15, -0.1) is 24.8 Å². The van der Waals surface area contributed by atoms with Crippen molar-refractivity contribution >= 4 is 42.7 Å². The van der Waals surface area contributed by atoms with E-state index in [2.05, 4.69) is 11.4 Å². The van der Waals surface area contributed by atoms with Gasteiger partial charge < -0.3 is 26.3 Å². The molecule has 0 fully saturated rings. The highest BCUT2D eigenvalue weighted by Crippen LogP contribution is 2.32. The molecule has 3 rings (SSSR count). The van der Waals surface area contributed by atoms with Crippen LogP contribution in [0.15, 0.2) is 48.5 Å². The van der Waals surface area contributed by atoms with Gasteiger partial charge in [0.1, 0.15) is 18.4 Å². The molecule has 5 N–H and O–H groups in total. The number of amides is 1. The fraction of sp³-hybridized carbons (Fsp3) is 0.444. The van der Waals surface area contributed by atoms with Crippen molar-refractivity contribution in [3.8, 4) is 5.75 Å². The number of nitrogens with two attached hydrogens (primary N) is 2. The van der Waals surface area contributed by atoms with Gasteiger partial charge in [-0.05, 0) is 67.5 Å². The second kappa shape index (κ2) is 17.0. The smallest absolute Gasteiger partial charge is 0.322 e. The van der Waals surface area contributed by atoms with E-state index in [4.69, 9.17) is 20.9 Å². The van der Waals surface area contributed by atoms with E-state index < -0.39 is 12.0 Å². The minimum absolute atomic E-state index is 0. The maximum absolute atomic E-state index is 12.8. The zero-order chi connectivity index (χ0) is 25.0. The highest BCUT2D eigenvalue weighted by molar-refractivity contribution is 5.85. The molecule has 0 spiro atoms. The molecule has 10 heteroatoms. The second-order valence-corrected chi connectivity index (χ2v) is 8.79. The van der Waals surface area contributed by atoms with Crippen molar-refractivity contribution in [2.75, 3.05) is 19.7 Å². The van der Waals surface area contributed by atoms with Crippen molar-refractivity contribution in [3.63, 3.8) is 0 Å². The summed E-state index contributed by atoms with van der Waals surface area (Å²) in [6, 6.07) is 14.3. The van der Waals surface area contributed by atoms with Gasteiger partial charge in [-0.3, -0.25) is 14.4 Å². The van der Waals surface area contributed by atoms with Crippen molar-refractivity contribution in [1.82, 2.24) is 5.32 Å². The van der Waals surface area contributed by atoms with E-state index >= 15 is 0 Å². The van der Waals surface area contributed by atoms with E-state index in [-0.39, 0.29) is 62.2 Å². The minimum atomic E-state index is -0.669. The number of hydrogen-bond acceptors (Lipinski definition) is 7. The maximum atomic E-state index is 12.8. The Balaban J connectivity index is 0.00000342. The van der Waals surface area contributed by atoms with Gasteiger partial charge in [-0.25, -0.2) is 0 Å². The summed E-state index contributed by atoms with van der Waals surface area (Å²) in [6.07, 6.45) is 5.02. The van der Waals surface area contributed by atoms with Crippen molar-refractivity contribution in [1.29, 1.82) is 0 Å². The topological polar surface area (TPSA) is 134 Å². The van der Waals surface area contributed by atoms with Gasteiger partial charge in [0.15, 0.2) is 0 Å². The van der Waals surface area contributed by atoms with Gasteiger partial charge in [-0.2, -0.15) is 0 Å². The molecule has 0 aliphatic heterocycles. The molecule has 1 aliphatic rings. The number of fused-ring (bicyclic) bond motifs is 1. The Hall–Kier alpha value is -2.65. The predicted molar refractivity (Wildman–Crippen MR) is 147 cm³/mol. The SMILES string of the molecule is Cl.Cl.NCCCCC(N)C(=O)OCCNC(=O)Cc1ccc(OC(=O)C2CCCc3ccccc32)cc1. The first-order valence-electron chi connectivity index (χ1n) is 12.3. The second-order valence-electron chi connectivity index (χ2n) is 8.79. The van der Waals surface area contributed by atoms with E-state index in [9.17, 15) is 14.4 Å². The molecule has 8 nitrogen and oxygen atoms in total. The van der Waals surface area contributed by atoms with Crippen molar-refractivity contribution in [3.05, 3.63) is 65.2 Å². The third kappa shape index (κ3) is 10.3. The van der Waals surface area contributed by atoms with Crippen LogP contribution in [-0.4, -0.2) is 43.6 Å². The summed E-state index contributed by atoms with van der Waals surface area (Å²) < 4.78 is 10.7. The zero-order valence-corrected chi connectivity index (χ0v) is 22.5. The number of esters is 2. The van der Waals surface area contributed by atoms with E-state index in [0.717, 1.165) is 43.2 Å². The molecule has 0 saturated heterocycles. The molecule has 2 atom stereocenters. The summed E-state index contributed by atoms with van der Waals surface area (Å²) in [5.41, 5.74) is 14.2. The molecule has 2 unspecified atom stereocenters.